The van der Waals surface area contributed by atoms with Gasteiger partial charge in [-0.05, 0) is 60.3 Å². The summed E-state index contributed by atoms with van der Waals surface area (Å²) in [7, 11) is 1.55. The molecule has 1 saturated heterocycles. The molecule has 2 aromatic rings. The topological polar surface area (TPSA) is 112 Å². The van der Waals surface area contributed by atoms with Crippen molar-refractivity contribution in [3.63, 3.8) is 0 Å². The zero-order valence-corrected chi connectivity index (χ0v) is 18.4. The van der Waals surface area contributed by atoms with E-state index in [-0.39, 0.29) is 17.2 Å². The second-order valence-corrected chi connectivity index (χ2v) is 7.47. The number of thiocarbonyl (C=S) groups is 1. The second-order valence-electron chi connectivity index (χ2n) is 6.65. The third-order valence-electron chi connectivity index (χ3n) is 4.60. The number of hydrogen-bond donors (Lipinski definition) is 2. The van der Waals surface area contributed by atoms with Gasteiger partial charge < -0.3 is 15.4 Å². The number of benzene rings is 2. The zero-order chi connectivity index (χ0) is 23.3. The highest BCUT2D eigenvalue weighted by Gasteiger charge is 2.38. The average Bonchev–Trinajstić information content (AvgIpc) is 2.79. The van der Waals surface area contributed by atoms with Gasteiger partial charge in [0.15, 0.2) is 5.11 Å². The van der Waals surface area contributed by atoms with E-state index in [4.69, 9.17) is 28.6 Å². The van der Waals surface area contributed by atoms with Gasteiger partial charge in [-0.1, -0.05) is 23.7 Å². The maximum atomic E-state index is 13.0. The number of anilines is 1. The number of nitriles is 1. The molecule has 0 radical (unpaired) electrons. The number of carbonyl (C=O) groups excluding carboxylic acids is 3. The van der Waals surface area contributed by atoms with E-state index in [0.29, 0.717) is 16.5 Å². The van der Waals surface area contributed by atoms with Crippen molar-refractivity contribution in [3.05, 3.63) is 70.8 Å². The molecule has 1 heterocycles. The fraction of sp³-hybridized carbons (Fsp3) is 0.136. The Morgan fingerprint density at radius 3 is 2.50 bits per heavy atom. The molecule has 2 N–H and O–H groups in total. The first-order valence-corrected chi connectivity index (χ1v) is 10.1. The van der Waals surface area contributed by atoms with Crippen LogP contribution in [0, 0.1) is 17.2 Å². The molecule has 1 aliphatic heterocycles. The van der Waals surface area contributed by atoms with E-state index in [2.05, 4.69) is 10.6 Å². The van der Waals surface area contributed by atoms with Gasteiger partial charge in [0.05, 0.1) is 12.8 Å². The summed E-state index contributed by atoms with van der Waals surface area (Å²) in [6.45, 7) is 0.146. The summed E-state index contributed by atoms with van der Waals surface area (Å²) in [6.07, 6.45) is 1.03. The first-order chi connectivity index (χ1) is 15.3. The summed E-state index contributed by atoms with van der Waals surface area (Å²) in [4.78, 5) is 39.0. The molecule has 8 nitrogen and oxygen atoms in total. The minimum Gasteiger partial charge on any atom is -0.497 e. The molecule has 0 aromatic heterocycles. The Morgan fingerprint density at radius 1 is 1.25 bits per heavy atom. The molecule has 0 saturated carbocycles. The first kappa shape index (κ1) is 22.9. The van der Waals surface area contributed by atoms with Crippen LogP contribution in [0.2, 0.25) is 5.02 Å². The number of halogens is 1. The number of nitrogens with zero attached hydrogens (tertiary/aromatic N) is 2. The highest BCUT2D eigenvalue weighted by atomic mass is 35.5. The molecule has 10 heteroatoms. The van der Waals surface area contributed by atoms with Gasteiger partial charge in [0.1, 0.15) is 23.3 Å². The monoisotopic (exact) mass is 468 g/mol. The van der Waals surface area contributed by atoms with Gasteiger partial charge in [0.25, 0.3) is 5.91 Å². The molecule has 3 rings (SSSR count). The Labute approximate surface area is 194 Å². The molecular weight excluding hydrogens is 452 g/mol. The third kappa shape index (κ3) is 5.11. The van der Waals surface area contributed by atoms with E-state index in [0.717, 1.165) is 16.5 Å². The number of nitrogens with one attached hydrogen (secondary N) is 2. The van der Waals surface area contributed by atoms with E-state index < -0.39 is 23.6 Å². The quantitative estimate of drug-likeness (QED) is 0.291. The Hall–Kier alpha value is -3.74. The van der Waals surface area contributed by atoms with Crippen molar-refractivity contribution >= 4 is 52.3 Å². The van der Waals surface area contributed by atoms with Gasteiger partial charge >= 0.3 is 0 Å². The fourth-order valence-electron chi connectivity index (χ4n) is 2.92. The molecule has 0 unspecified atom stereocenters. The van der Waals surface area contributed by atoms with Crippen molar-refractivity contribution in [2.45, 2.75) is 6.54 Å². The molecule has 2 aromatic carbocycles. The average molecular weight is 469 g/mol. The smallest absolute Gasteiger partial charge is 0.261 e. The number of rotatable bonds is 6. The summed E-state index contributed by atoms with van der Waals surface area (Å²) >= 11 is 11.0. The van der Waals surface area contributed by atoms with Crippen LogP contribution >= 0.6 is 23.8 Å². The normalized spacial score (nSPS) is 16.3. The second kappa shape index (κ2) is 10.0. The van der Waals surface area contributed by atoms with E-state index >= 15 is 0 Å². The van der Waals surface area contributed by atoms with E-state index in [9.17, 15) is 19.6 Å². The van der Waals surface area contributed by atoms with Crippen molar-refractivity contribution in [3.8, 4) is 11.8 Å². The van der Waals surface area contributed by atoms with Crippen LogP contribution in [0.4, 0.5) is 5.69 Å². The fourth-order valence-corrected chi connectivity index (χ4v) is 3.35. The highest BCUT2D eigenvalue weighted by molar-refractivity contribution is 7.80. The van der Waals surface area contributed by atoms with Crippen molar-refractivity contribution in [1.29, 1.82) is 5.26 Å². The largest absolute Gasteiger partial charge is 0.497 e. The van der Waals surface area contributed by atoms with Gasteiger partial charge in [-0.15, -0.1) is 0 Å². The Bertz CT molecular complexity index is 1140. The number of methoxy groups -OCH3 is 1. The van der Waals surface area contributed by atoms with E-state index in [1.807, 2.05) is 0 Å². The number of ether oxygens (including phenoxy) is 1. The lowest BCUT2D eigenvalue weighted by Crippen LogP contribution is -2.57. The standard InChI is InChI=1S/C22H17ClN4O4S/c1-31-17-8-2-13(3-9-17)12-25-19(28)14(11-24)10-18-20(29)26-22(32)27(21(18)30)16-6-4-15(23)5-7-16/h2-10,18H,12H2,1H3,(H,25,28)(H,26,29,32)/b14-10-/t18-/m0/s1. The van der Waals surface area contributed by atoms with Crippen molar-refractivity contribution in [2.75, 3.05) is 12.0 Å². The Kier molecular flexibility index (Phi) is 7.20. The van der Waals surface area contributed by atoms with Crippen LogP contribution in [0.5, 0.6) is 5.75 Å². The lowest BCUT2D eigenvalue weighted by molar-refractivity contribution is -0.131. The molecule has 1 aliphatic rings. The first-order valence-electron chi connectivity index (χ1n) is 9.31. The van der Waals surface area contributed by atoms with Crippen LogP contribution in [-0.4, -0.2) is 29.9 Å². The Morgan fingerprint density at radius 2 is 1.91 bits per heavy atom. The number of hydrogen-bond acceptors (Lipinski definition) is 6. The molecule has 32 heavy (non-hydrogen) atoms. The van der Waals surface area contributed by atoms with Gasteiger partial charge in [0, 0.05) is 11.6 Å². The summed E-state index contributed by atoms with van der Waals surface area (Å²) in [5.74, 6) is -2.85. The van der Waals surface area contributed by atoms with Crippen molar-refractivity contribution in [1.82, 2.24) is 10.6 Å². The van der Waals surface area contributed by atoms with Crippen molar-refractivity contribution in [2.24, 2.45) is 5.92 Å². The summed E-state index contributed by atoms with van der Waals surface area (Å²) in [5.41, 5.74) is 0.809. The predicted octanol–water partition coefficient (Wildman–Crippen LogP) is 2.48. The van der Waals surface area contributed by atoms with Crippen LogP contribution in [0.1, 0.15) is 5.56 Å². The van der Waals surface area contributed by atoms with Crippen LogP contribution in [0.15, 0.2) is 60.2 Å². The van der Waals surface area contributed by atoms with Gasteiger partial charge in [-0.25, -0.2) is 0 Å². The van der Waals surface area contributed by atoms with E-state index in [1.54, 1.807) is 61.7 Å². The van der Waals surface area contributed by atoms with Crippen LogP contribution < -0.4 is 20.3 Å². The van der Waals surface area contributed by atoms with Crippen LogP contribution in [0.25, 0.3) is 0 Å². The molecule has 0 bridgehead atoms. The molecule has 1 fully saturated rings. The lowest BCUT2D eigenvalue weighted by atomic mass is 10.0. The van der Waals surface area contributed by atoms with E-state index in [1.165, 1.54) is 0 Å². The molecule has 0 aliphatic carbocycles. The highest BCUT2D eigenvalue weighted by Crippen LogP contribution is 2.24. The minimum atomic E-state index is -1.40. The van der Waals surface area contributed by atoms with Gasteiger partial charge in [0.2, 0.25) is 11.8 Å². The van der Waals surface area contributed by atoms with Gasteiger partial charge in [-0.3, -0.25) is 19.3 Å². The number of amides is 3. The van der Waals surface area contributed by atoms with Crippen molar-refractivity contribution < 1.29 is 19.1 Å². The van der Waals surface area contributed by atoms with Crippen LogP contribution in [0.3, 0.4) is 0 Å². The summed E-state index contributed by atoms with van der Waals surface area (Å²) in [5, 5.41) is 14.8. The third-order valence-corrected chi connectivity index (χ3v) is 5.13. The van der Waals surface area contributed by atoms with Gasteiger partial charge in [-0.2, -0.15) is 5.26 Å². The Balaban J connectivity index is 1.77. The molecule has 3 amide bonds. The minimum absolute atomic E-state index is 0.102. The number of carbonyl (C=O) groups is 3. The zero-order valence-electron chi connectivity index (χ0n) is 16.8. The summed E-state index contributed by atoms with van der Waals surface area (Å²) in [6, 6.07) is 15.0. The maximum Gasteiger partial charge on any atom is 0.261 e. The maximum absolute atomic E-state index is 13.0. The molecular formula is C22H17ClN4O4S. The molecule has 1 atom stereocenters. The molecule has 162 valence electrons. The summed E-state index contributed by atoms with van der Waals surface area (Å²) < 4.78 is 5.08. The molecule has 0 spiro atoms. The SMILES string of the molecule is COc1ccc(CNC(=O)/C(C#N)=C\[C@H]2C(=O)NC(=S)N(c3ccc(Cl)cc3)C2=O)cc1. The lowest BCUT2D eigenvalue weighted by Gasteiger charge is -2.31. The predicted molar refractivity (Wildman–Crippen MR) is 122 cm³/mol. The van der Waals surface area contributed by atoms with Crippen LogP contribution in [-0.2, 0) is 20.9 Å².